The topological polar surface area (TPSA) is 56.1 Å². The van der Waals surface area contributed by atoms with Crippen molar-refractivity contribution in [1.82, 2.24) is 4.90 Å². The minimum absolute atomic E-state index is 0.117. The maximum atomic E-state index is 12.0. The van der Waals surface area contributed by atoms with E-state index in [0.29, 0.717) is 16.3 Å². The van der Waals surface area contributed by atoms with Gasteiger partial charge in [0.05, 0.1) is 17.1 Å². The third kappa shape index (κ3) is 4.57. The Morgan fingerprint density at radius 2 is 2.29 bits per heavy atom. The molecule has 4 nitrogen and oxygen atoms in total. The molecule has 0 aliphatic carbocycles. The number of anilines is 1. The van der Waals surface area contributed by atoms with Crippen LogP contribution in [0.4, 0.5) is 5.69 Å². The largest absolute Gasteiger partial charge is 0.325 e. The number of nitriles is 1. The molecule has 0 unspecified atom stereocenters. The lowest BCUT2D eigenvalue weighted by molar-refractivity contribution is -0.117. The third-order valence-electron chi connectivity index (χ3n) is 2.82. The predicted molar refractivity (Wildman–Crippen MR) is 85.4 cm³/mol. The summed E-state index contributed by atoms with van der Waals surface area (Å²) in [6.07, 6.45) is 0. The molecule has 0 saturated carbocycles. The van der Waals surface area contributed by atoms with Crippen LogP contribution in [0.25, 0.3) is 0 Å². The summed E-state index contributed by atoms with van der Waals surface area (Å²) in [5.74, 6) is -0.117. The molecule has 0 aliphatic heterocycles. The van der Waals surface area contributed by atoms with Crippen molar-refractivity contribution in [2.75, 3.05) is 18.9 Å². The lowest BCUT2D eigenvalue weighted by atomic mass is 10.2. The summed E-state index contributed by atoms with van der Waals surface area (Å²) in [6, 6.07) is 8.86. The van der Waals surface area contributed by atoms with Crippen LogP contribution in [0.3, 0.4) is 0 Å². The number of nitrogens with zero attached hydrogens (tertiary/aromatic N) is 2. The Morgan fingerprint density at radius 3 is 2.90 bits per heavy atom. The SMILES string of the molecule is CN(CC(=O)Nc1ccc(C#N)c(Cl)c1)Cc1ccsc1. The fourth-order valence-corrected chi connectivity index (χ4v) is 2.76. The van der Waals surface area contributed by atoms with Crippen LogP contribution < -0.4 is 5.32 Å². The van der Waals surface area contributed by atoms with Crippen molar-refractivity contribution in [2.45, 2.75) is 6.54 Å². The summed E-state index contributed by atoms with van der Waals surface area (Å²) in [6.45, 7) is 1.01. The Labute approximate surface area is 132 Å². The van der Waals surface area contributed by atoms with Crippen molar-refractivity contribution in [3.05, 3.63) is 51.2 Å². The lowest BCUT2D eigenvalue weighted by Gasteiger charge is -2.15. The first-order chi connectivity index (χ1) is 10.1. The van der Waals surface area contributed by atoms with Gasteiger partial charge >= 0.3 is 0 Å². The van der Waals surface area contributed by atoms with Crippen LogP contribution in [0.5, 0.6) is 0 Å². The highest BCUT2D eigenvalue weighted by molar-refractivity contribution is 7.07. The molecule has 0 atom stereocenters. The first kappa shape index (κ1) is 15.5. The molecule has 0 radical (unpaired) electrons. The molecule has 0 fully saturated rings. The van der Waals surface area contributed by atoms with Crippen LogP contribution in [0.1, 0.15) is 11.1 Å². The van der Waals surface area contributed by atoms with Gasteiger partial charge in [0.1, 0.15) is 6.07 Å². The second kappa shape index (κ2) is 7.23. The number of benzene rings is 1. The van der Waals surface area contributed by atoms with Crippen molar-refractivity contribution in [2.24, 2.45) is 0 Å². The molecular formula is C15H14ClN3OS. The van der Waals surface area contributed by atoms with Gasteiger partial charge < -0.3 is 5.32 Å². The highest BCUT2D eigenvalue weighted by Gasteiger charge is 2.09. The molecule has 2 aromatic rings. The molecular weight excluding hydrogens is 306 g/mol. The number of nitrogens with one attached hydrogen (secondary N) is 1. The Kier molecular flexibility index (Phi) is 5.34. The van der Waals surface area contributed by atoms with Gasteiger partial charge in [-0.3, -0.25) is 9.69 Å². The van der Waals surface area contributed by atoms with E-state index in [2.05, 4.69) is 10.7 Å². The van der Waals surface area contributed by atoms with E-state index in [1.165, 1.54) is 5.56 Å². The van der Waals surface area contributed by atoms with Crippen LogP contribution in [0.2, 0.25) is 5.02 Å². The summed E-state index contributed by atoms with van der Waals surface area (Å²) in [5, 5.41) is 16.0. The van der Waals surface area contributed by atoms with E-state index >= 15 is 0 Å². The summed E-state index contributed by atoms with van der Waals surface area (Å²) in [4.78, 5) is 13.9. The van der Waals surface area contributed by atoms with Gasteiger partial charge in [0.25, 0.3) is 0 Å². The standard InChI is InChI=1S/C15H14ClN3OS/c1-19(8-11-4-5-21-10-11)9-15(20)18-13-3-2-12(7-17)14(16)6-13/h2-6,10H,8-9H2,1H3,(H,18,20). The Hall–Kier alpha value is -1.87. The molecule has 2 rings (SSSR count). The highest BCUT2D eigenvalue weighted by Crippen LogP contribution is 2.20. The minimum Gasteiger partial charge on any atom is -0.325 e. The first-order valence-corrected chi connectivity index (χ1v) is 7.59. The van der Waals surface area contributed by atoms with E-state index in [0.717, 1.165) is 6.54 Å². The van der Waals surface area contributed by atoms with E-state index in [-0.39, 0.29) is 12.5 Å². The molecule has 1 N–H and O–H groups in total. The number of carbonyl (C=O) groups is 1. The second-order valence-electron chi connectivity index (χ2n) is 4.66. The number of carbonyl (C=O) groups excluding carboxylic acids is 1. The first-order valence-electron chi connectivity index (χ1n) is 6.27. The van der Waals surface area contributed by atoms with Gasteiger partial charge in [0.2, 0.25) is 5.91 Å². The Balaban J connectivity index is 1.89. The van der Waals surface area contributed by atoms with Crippen molar-refractivity contribution < 1.29 is 4.79 Å². The minimum atomic E-state index is -0.117. The summed E-state index contributed by atoms with van der Waals surface area (Å²) in [5.41, 5.74) is 2.17. The quantitative estimate of drug-likeness (QED) is 0.919. The van der Waals surface area contributed by atoms with E-state index in [1.807, 2.05) is 29.5 Å². The van der Waals surface area contributed by atoms with Crippen LogP contribution >= 0.6 is 22.9 Å². The fraction of sp³-hybridized carbons (Fsp3) is 0.200. The molecule has 0 saturated heterocycles. The zero-order chi connectivity index (χ0) is 15.2. The number of hydrogen-bond donors (Lipinski definition) is 1. The number of rotatable bonds is 5. The Bertz CT molecular complexity index is 664. The van der Waals surface area contributed by atoms with Gasteiger partial charge in [-0.2, -0.15) is 16.6 Å². The normalized spacial score (nSPS) is 10.4. The van der Waals surface area contributed by atoms with Crippen molar-refractivity contribution in [3.63, 3.8) is 0 Å². The number of halogens is 1. The molecule has 21 heavy (non-hydrogen) atoms. The molecule has 1 amide bonds. The van der Waals surface area contributed by atoms with Gasteiger partial charge in [-0.05, 0) is 47.6 Å². The molecule has 108 valence electrons. The molecule has 1 heterocycles. The van der Waals surface area contributed by atoms with E-state index in [4.69, 9.17) is 16.9 Å². The average molecular weight is 320 g/mol. The summed E-state index contributed by atoms with van der Waals surface area (Å²) in [7, 11) is 1.89. The molecule has 0 spiro atoms. The fourth-order valence-electron chi connectivity index (χ4n) is 1.88. The van der Waals surface area contributed by atoms with Crippen LogP contribution in [0, 0.1) is 11.3 Å². The second-order valence-corrected chi connectivity index (χ2v) is 5.85. The van der Waals surface area contributed by atoms with Crippen LogP contribution in [0.15, 0.2) is 35.0 Å². The van der Waals surface area contributed by atoms with Crippen molar-refractivity contribution >= 4 is 34.5 Å². The van der Waals surface area contributed by atoms with Crippen LogP contribution in [-0.4, -0.2) is 24.4 Å². The third-order valence-corrected chi connectivity index (χ3v) is 3.86. The predicted octanol–water partition coefficient (Wildman–Crippen LogP) is 3.34. The molecule has 1 aromatic carbocycles. The Morgan fingerprint density at radius 1 is 1.48 bits per heavy atom. The van der Waals surface area contributed by atoms with Gasteiger partial charge in [-0.25, -0.2) is 0 Å². The summed E-state index contributed by atoms with van der Waals surface area (Å²) >= 11 is 7.57. The van der Waals surface area contributed by atoms with Gasteiger partial charge in [0.15, 0.2) is 0 Å². The monoisotopic (exact) mass is 319 g/mol. The van der Waals surface area contributed by atoms with E-state index in [1.54, 1.807) is 29.5 Å². The van der Waals surface area contributed by atoms with Crippen molar-refractivity contribution in [1.29, 1.82) is 5.26 Å². The van der Waals surface area contributed by atoms with E-state index in [9.17, 15) is 4.79 Å². The van der Waals surface area contributed by atoms with E-state index < -0.39 is 0 Å². The molecule has 1 aromatic heterocycles. The smallest absolute Gasteiger partial charge is 0.238 e. The number of amides is 1. The molecule has 0 bridgehead atoms. The lowest BCUT2D eigenvalue weighted by Crippen LogP contribution is -2.29. The number of thiophene rings is 1. The summed E-state index contributed by atoms with van der Waals surface area (Å²) < 4.78 is 0. The average Bonchev–Trinajstić information content (AvgIpc) is 2.91. The van der Waals surface area contributed by atoms with Gasteiger partial charge in [0, 0.05) is 12.2 Å². The van der Waals surface area contributed by atoms with Crippen molar-refractivity contribution in [3.8, 4) is 6.07 Å². The van der Waals surface area contributed by atoms with Gasteiger partial charge in [-0.15, -0.1) is 0 Å². The maximum absolute atomic E-state index is 12.0. The highest BCUT2D eigenvalue weighted by atomic mass is 35.5. The number of hydrogen-bond acceptors (Lipinski definition) is 4. The number of likely N-dealkylation sites (N-methyl/N-ethyl adjacent to an activating group) is 1. The zero-order valence-corrected chi connectivity index (χ0v) is 13.0. The molecule has 0 aliphatic rings. The molecule has 6 heteroatoms. The zero-order valence-electron chi connectivity index (χ0n) is 11.5. The van der Waals surface area contributed by atoms with Gasteiger partial charge in [-0.1, -0.05) is 11.6 Å². The van der Waals surface area contributed by atoms with Crippen LogP contribution in [-0.2, 0) is 11.3 Å². The maximum Gasteiger partial charge on any atom is 0.238 e.